The SMILES string of the molecule is CSC1=CC23Oc4c(ccc5c4C(O)NC5=O)CC2(C)C(C)=CC=C3C(C)(C)C1=NNC(N)=O. The second-order valence-electron chi connectivity index (χ2n) is 9.94. The third kappa shape index (κ3) is 2.80. The Balaban J connectivity index is 1.79. The molecule has 0 fully saturated rings. The van der Waals surface area contributed by atoms with Gasteiger partial charge in [-0.2, -0.15) is 5.10 Å². The van der Waals surface area contributed by atoms with Crippen molar-refractivity contribution in [2.75, 3.05) is 6.26 Å². The Kier molecular flexibility index (Phi) is 4.83. The number of primary amides is 1. The van der Waals surface area contributed by atoms with Gasteiger partial charge >= 0.3 is 6.03 Å². The summed E-state index contributed by atoms with van der Waals surface area (Å²) in [5.41, 5.74) is 10.5. The maximum absolute atomic E-state index is 12.4. The number of urea groups is 1. The summed E-state index contributed by atoms with van der Waals surface area (Å²) < 4.78 is 6.99. The van der Waals surface area contributed by atoms with Crippen LogP contribution in [-0.2, 0) is 6.42 Å². The van der Waals surface area contributed by atoms with E-state index in [2.05, 4.69) is 61.8 Å². The number of nitrogens with two attached hydrogens (primary N) is 1. The molecule has 0 saturated heterocycles. The van der Waals surface area contributed by atoms with Gasteiger partial charge in [0.1, 0.15) is 5.75 Å². The Hall–Kier alpha value is -3.04. The number of aliphatic hydroxyl groups is 1. The second-order valence-corrected chi connectivity index (χ2v) is 10.8. The molecular formula is C25H28N4O4S. The number of benzene rings is 1. The van der Waals surface area contributed by atoms with Crippen LogP contribution in [0, 0.1) is 10.8 Å². The van der Waals surface area contributed by atoms with Crippen LogP contribution in [0.15, 0.2) is 51.5 Å². The Morgan fingerprint density at radius 2 is 2.06 bits per heavy atom. The van der Waals surface area contributed by atoms with Crippen molar-refractivity contribution in [1.82, 2.24) is 10.7 Å². The average molecular weight is 481 g/mol. The van der Waals surface area contributed by atoms with Gasteiger partial charge < -0.3 is 20.9 Å². The largest absolute Gasteiger partial charge is 0.477 e. The van der Waals surface area contributed by atoms with E-state index in [-0.39, 0.29) is 5.91 Å². The van der Waals surface area contributed by atoms with Crippen molar-refractivity contribution in [1.29, 1.82) is 0 Å². The van der Waals surface area contributed by atoms with E-state index in [0.29, 0.717) is 29.0 Å². The van der Waals surface area contributed by atoms with Gasteiger partial charge in [0.05, 0.1) is 16.8 Å². The monoisotopic (exact) mass is 480 g/mol. The highest BCUT2D eigenvalue weighted by Crippen LogP contribution is 2.62. The predicted octanol–water partition coefficient (Wildman–Crippen LogP) is 3.30. The summed E-state index contributed by atoms with van der Waals surface area (Å²) in [4.78, 5) is 24.7. The molecule has 9 heteroatoms. The van der Waals surface area contributed by atoms with Gasteiger partial charge in [0, 0.05) is 15.7 Å². The minimum atomic E-state index is -1.12. The number of hydrogen-bond acceptors (Lipinski definition) is 6. The van der Waals surface area contributed by atoms with Crippen LogP contribution in [0.1, 0.15) is 55.4 Å². The molecular weight excluding hydrogens is 452 g/mol. The van der Waals surface area contributed by atoms with Crippen LogP contribution in [0.4, 0.5) is 4.79 Å². The van der Waals surface area contributed by atoms with Gasteiger partial charge in [0.2, 0.25) is 0 Å². The molecule has 3 atom stereocenters. The molecule has 5 N–H and O–H groups in total. The molecule has 1 spiro atoms. The van der Waals surface area contributed by atoms with Crippen LogP contribution >= 0.6 is 11.8 Å². The van der Waals surface area contributed by atoms with Crippen LogP contribution in [-0.4, -0.2) is 34.6 Å². The normalized spacial score (nSPS) is 31.6. The molecule has 0 aromatic heterocycles. The lowest BCUT2D eigenvalue weighted by molar-refractivity contribution is 0.00750. The number of thioether (sulfide) groups is 1. The minimum absolute atomic E-state index is 0.313. The van der Waals surface area contributed by atoms with Crippen LogP contribution in [0.3, 0.4) is 0 Å². The number of amides is 3. The maximum atomic E-state index is 12.4. The predicted molar refractivity (Wildman–Crippen MR) is 131 cm³/mol. The Bertz CT molecular complexity index is 1280. The summed E-state index contributed by atoms with van der Waals surface area (Å²) >= 11 is 1.52. The molecule has 2 heterocycles. The highest BCUT2D eigenvalue weighted by Gasteiger charge is 2.63. The first-order valence-corrected chi connectivity index (χ1v) is 12.3. The third-order valence-electron chi connectivity index (χ3n) is 7.79. The van der Waals surface area contributed by atoms with E-state index >= 15 is 0 Å². The highest BCUT2D eigenvalue weighted by atomic mass is 32.2. The number of carbonyl (C=O) groups is 2. The van der Waals surface area contributed by atoms with Crippen molar-refractivity contribution in [3.8, 4) is 5.75 Å². The van der Waals surface area contributed by atoms with E-state index in [4.69, 9.17) is 10.5 Å². The van der Waals surface area contributed by atoms with Crippen molar-refractivity contribution in [2.45, 2.75) is 45.9 Å². The Labute approximate surface area is 202 Å². The van der Waals surface area contributed by atoms with E-state index < -0.39 is 28.7 Å². The number of nitrogens with one attached hydrogen (secondary N) is 2. The molecule has 5 rings (SSSR count). The first kappa shape index (κ1) is 22.7. The molecule has 8 nitrogen and oxygen atoms in total. The van der Waals surface area contributed by atoms with E-state index in [1.807, 2.05) is 12.3 Å². The summed E-state index contributed by atoms with van der Waals surface area (Å²) in [6.07, 6.45) is 7.76. The highest BCUT2D eigenvalue weighted by molar-refractivity contribution is 8.03. The molecule has 178 valence electrons. The molecule has 1 aromatic carbocycles. The summed E-state index contributed by atoms with van der Waals surface area (Å²) in [6, 6.07) is 2.95. The molecule has 3 amide bonds. The minimum Gasteiger partial charge on any atom is -0.477 e. The number of aliphatic hydroxyl groups excluding tert-OH is 1. The lowest BCUT2D eigenvalue weighted by Crippen LogP contribution is -2.62. The molecule has 3 unspecified atom stereocenters. The van der Waals surface area contributed by atoms with Crippen LogP contribution in [0.2, 0.25) is 0 Å². The van der Waals surface area contributed by atoms with E-state index in [0.717, 1.165) is 16.0 Å². The molecule has 4 aliphatic rings. The lowest BCUT2D eigenvalue weighted by Gasteiger charge is -2.59. The van der Waals surface area contributed by atoms with Crippen LogP contribution < -0.4 is 21.2 Å². The van der Waals surface area contributed by atoms with Gasteiger partial charge in [-0.05, 0) is 42.9 Å². The van der Waals surface area contributed by atoms with Crippen molar-refractivity contribution in [3.05, 3.63) is 63.1 Å². The summed E-state index contributed by atoms with van der Waals surface area (Å²) in [6.45, 7) is 8.40. The van der Waals surface area contributed by atoms with Crippen molar-refractivity contribution in [2.24, 2.45) is 21.7 Å². The molecule has 1 aromatic rings. The molecule has 2 aliphatic carbocycles. The van der Waals surface area contributed by atoms with E-state index in [1.54, 1.807) is 6.07 Å². The quantitative estimate of drug-likeness (QED) is 0.483. The van der Waals surface area contributed by atoms with Crippen molar-refractivity contribution < 1.29 is 19.4 Å². The zero-order chi connectivity index (χ0) is 24.6. The lowest BCUT2D eigenvalue weighted by atomic mass is 9.52. The first-order valence-electron chi connectivity index (χ1n) is 11.1. The smallest absolute Gasteiger partial charge is 0.332 e. The number of allylic oxidation sites excluding steroid dienone is 3. The van der Waals surface area contributed by atoms with Crippen LogP contribution in [0.25, 0.3) is 0 Å². The molecule has 0 radical (unpaired) electrons. The molecule has 34 heavy (non-hydrogen) atoms. The number of hydrazone groups is 1. The van der Waals surface area contributed by atoms with E-state index in [1.165, 1.54) is 17.3 Å². The fraction of sp³-hybridized carbons (Fsp3) is 0.400. The fourth-order valence-electron chi connectivity index (χ4n) is 5.82. The summed E-state index contributed by atoms with van der Waals surface area (Å²) in [7, 11) is 0. The van der Waals surface area contributed by atoms with Gasteiger partial charge in [-0.1, -0.05) is 44.6 Å². The van der Waals surface area contributed by atoms with Gasteiger partial charge in [0.15, 0.2) is 11.8 Å². The summed E-state index contributed by atoms with van der Waals surface area (Å²) in [5.74, 6) is 0.232. The number of hydrogen-bond donors (Lipinski definition) is 4. The molecule has 0 bridgehead atoms. The van der Waals surface area contributed by atoms with E-state index in [9.17, 15) is 14.7 Å². The fourth-order valence-corrected chi connectivity index (χ4v) is 6.60. The van der Waals surface area contributed by atoms with Crippen molar-refractivity contribution in [3.63, 3.8) is 0 Å². The van der Waals surface area contributed by atoms with Gasteiger partial charge in [-0.3, -0.25) is 4.79 Å². The number of fused-ring (bicyclic) bond motifs is 3. The molecule has 0 saturated carbocycles. The van der Waals surface area contributed by atoms with Gasteiger partial charge in [0.25, 0.3) is 5.91 Å². The van der Waals surface area contributed by atoms with Crippen molar-refractivity contribution >= 4 is 29.4 Å². The Morgan fingerprint density at radius 1 is 1.32 bits per heavy atom. The standard InChI is InChI=1S/C25H28N4O4S/c1-12-6-9-16-23(2,3)19(28-29-22(26)32)15(34-5)11-25(16)24(12,4)10-13-7-8-14-17(18(13)33-25)21(31)27-20(14)30/h6-9,11,21,31H,10H2,1-5H3,(H,27,30)(H3,26,29,32). The Morgan fingerprint density at radius 3 is 2.74 bits per heavy atom. The van der Waals surface area contributed by atoms with Gasteiger partial charge in [-0.25, -0.2) is 10.2 Å². The number of carbonyl (C=O) groups excluding carboxylic acids is 2. The topological polar surface area (TPSA) is 126 Å². The maximum Gasteiger partial charge on any atom is 0.332 e. The second kappa shape index (κ2) is 7.23. The first-order chi connectivity index (χ1) is 16.0. The average Bonchev–Trinajstić information content (AvgIpc) is 3.05. The molecule has 2 aliphatic heterocycles. The van der Waals surface area contributed by atoms with Crippen LogP contribution in [0.5, 0.6) is 5.75 Å². The third-order valence-corrected chi connectivity index (χ3v) is 8.54. The number of nitrogens with zero attached hydrogens (tertiary/aromatic N) is 1. The zero-order valence-electron chi connectivity index (χ0n) is 19.8. The number of ether oxygens (including phenoxy) is 1. The van der Waals surface area contributed by atoms with Gasteiger partial charge in [-0.15, -0.1) is 11.8 Å². The summed E-state index contributed by atoms with van der Waals surface area (Å²) in [5, 5.41) is 17.6. The zero-order valence-corrected chi connectivity index (χ0v) is 20.6. The number of rotatable bonds is 2.